The average molecular weight is 362 g/mol. The predicted octanol–water partition coefficient (Wildman–Crippen LogP) is 2.66. The van der Waals surface area contributed by atoms with Gasteiger partial charge in [0.2, 0.25) is 0 Å². The van der Waals surface area contributed by atoms with E-state index >= 15 is 0 Å². The van der Waals surface area contributed by atoms with Crippen LogP contribution in [0.4, 0.5) is 0 Å². The van der Waals surface area contributed by atoms with Crippen molar-refractivity contribution in [3.05, 3.63) is 31.4 Å². The van der Waals surface area contributed by atoms with E-state index < -0.39 is 42.4 Å². The first-order valence-electron chi connectivity index (χ1n) is 2.51. The molecule has 0 spiro atoms. The molecule has 0 radical (unpaired) electrons. The molecule has 1 aromatic carbocycles. The summed E-state index contributed by atoms with van der Waals surface area (Å²) in [5.74, 6) is 0. The molecule has 0 N–H and O–H groups in total. The molecular weight excluding hydrogens is 358 g/mol. The molecule has 0 saturated carbocycles. The van der Waals surface area contributed by atoms with Gasteiger partial charge < -0.3 is 0 Å². The van der Waals surface area contributed by atoms with E-state index in [0.29, 0.717) is 0 Å². The van der Waals surface area contributed by atoms with Gasteiger partial charge in [0.1, 0.15) is 0 Å². The largest absolute Gasteiger partial charge is 0.265 e. The third-order valence-electron chi connectivity index (χ3n) is 0.982. The van der Waals surface area contributed by atoms with Crippen molar-refractivity contribution in [2.75, 3.05) is 0 Å². The molecule has 0 aliphatic rings. The molecule has 0 aliphatic heterocycles. The Morgan fingerprint density at radius 3 is 1.30 bits per heavy atom. The number of hydrogen-bond donors (Lipinski definition) is 0. The van der Waals surface area contributed by atoms with Crippen LogP contribution < -0.4 is 0 Å². The Labute approximate surface area is 79.3 Å². The van der Waals surface area contributed by atoms with Crippen LogP contribution in [0.5, 0.6) is 0 Å². The summed E-state index contributed by atoms with van der Waals surface area (Å²) in [7, 11) is 0. The van der Waals surface area contributed by atoms with E-state index in [-0.39, 0.29) is 0 Å². The maximum atomic E-state index is 10.4. The van der Waals surface area contributed by atoms with Crippen LogP contribution in [0.2, 0.25) is 0 Å². The smallest absolute Gasteiger partial charge is 0.182 e. The summed E-state index contributed by atoms with van der Waals surface area (Å²) in [5.41, 5.74) is 0. The average Bonchev–Trinajstić information content (AvgIpc) is 2.05. The van der Waals surface area contributed by atoms with Gasteiger partial charge in [-0.15, -0.1) is 0 Å². The van der Waals surface area contributed by atoms with Crippen LogP contribution in [0.25, 0.3) is 0 Å². The highest BCUT2D eigenvalue weighted by Gasteiger charge is 1.91. The van der Waals surface area contributed by atoms with Gasteiger partial charge in [-0.1, -0.05) is 0 Å². The van der Waals surface area contributed by atoms with Crippen LogP contribution in [-0.2, 0) is 6.14 Å². The Hall–Kier alpha value is 0.280. The van der Waals surface area contributed by atoms with Gasteiger partial charge in [0.25, 0.3) is 0 Å². The maximum Gasteiger partial charge on any atom is 0.182 e. The molecule has 0 saturated heterocycles. The van der Waals surface area contributed by atoms with Crippen LogP contribution in [0.3, 0.4) is 0 Å². The van der Waals surface area contributed by atoms with Crippen molar-refractivity contribution >= 4 is 42.4 Å². The zero-order valence-corrected chi connectivity index (χ0v) is 9.20. The Kier molecular flexibility index (Phi) is 3.53. The van der Waals surface area contributed by atoms with Crippen LogP contribution in [0.1, 0.15) is 0 Å². The summed E-state index contributed by atoms with van der Waals surface area (Å²) in [4.78, 5) is 0. The predicted molar refractivity (Wildman–Crippen MR) is 53.2 cm³/mol. The molecule has 4 heteroatoms. The normalized spacial score (nSPS) is 9.60. The second-order valence-electron chi connectivity index (χ2n) is 1.59. The van der Waals surface area contributed by atoms with E-state index in [1.54, 1.807) is 24.3 Å². The quantitative estimate of drug-likeness (QED) is 0.759. The van der Waals surface area contributed by atoms with E-state index in [1.165, 1.54) is 0 Å². The Bertz CT molecular complexity index is 215. The molecule has 0 aliphatic carbocycles. The first-order valence-corrected chi connectivity index (χ1v) is 6.43. The molecular formula is C6H4I2O2. The lowest BCUT2D eigenvalue weighted by Crippen LogP contribution is -1.71. The van der Waals surface area contributed by atoms with Crippen molar-refractivity contribution in [3.63, 3.8) is 0 Å². The second kappa shape index (κ2) is 4.22. The van der Waals surface area contributed by atoms with Crippen LogP contribution >= 0.6 is 42.4 Å². The standard InChI is InChI=1S/C6H4I2O2/c9-7-5-1-2-6(8-10)4-3-5/h1-4H. The van der Waals surface area contributed by atoms with E-state index in [0.717, 1.165) is 7.14 Å². The Morgan fingerprint density at radius 2 is 1.10 bits per heavy atom. The summed E-state index contributed by atoms with van der Waals surface area (Å²) in [6.45, 7) is 0. The monoisotopic (exact) mass is 362 g/mol. The molecule has 0 aromatic heterocycles. The van der Waals surface area contributed by atoms with E-state index in [2.05, 4.69) is 0 Å². The van der Waals surface area contributed by atoms with Gasteiger partial charge in [0, 0.05) is 7.14 Å². The summed E-state index contributed by atoms with van der Waals surface area (Å²) >= 11 is -2.10. The first kappa shape index (κ1) is 8.38. The molecule has 0 heterocycles. The highest BCUT2D eigenvalue weighted by Crippen LogP contribution is 2.14. The second-order valence-corrected chi connectivity index (χ2v) is 4.96. The lowest BCUT2D eigenvalue weighted by molar-refractivity contribution is 0.647. The van der Waals surface area contributed by atoms with Gasteiger partial charge in [-0.3, -0.25) is 6.14 Å². The minimum atomic E-state index is -1.05. The summed E-state index contributed by atoms with van der Waals surface area (Å²) in [6, 6.07) is 7.08. The molecule has 10 heavy (non-hydrogen) atoms. The van der Waals surface area contributed by atoms with Gasteiger partial charge >= 0.3 is 0 Å². The SMILES string of the molecule is O=Ic1ccc(I=O)cc1. The fourth-order valence-electron chi connectivity index (χ4n) is 0.532. The lowest BCUT2D eigenvalue weighted by atomic mass is 10.4. The van der Waals surface area contributed by atoms with E-state index in [4.69, 9.17) is 0 Å². The number of rotatable bonds is 2. The molecule has 54 valence electrons. The molecule has 0 atom stereocenters. The van der Waals surface area contributed by atoms with Gasteiger partial charge in [-0.2, -0.15) is 0 Å². The Balaban J connectivity index is 3.00. The van der Waals surface area contributed by atoms with Crippen LogP contribution in [0, 0.1) is 7.14 Å². The maximum absolute atomic E-state index is 10.4. The molecule has 0 fully saturated rings. The van der Waals surface area contributed by atoms with E-state index in [1.807, 2.05) is 0 Å². The summed E-state index contributed by atoms with van der Waals surface area (Å²) < 4.78 is 22.5. The topological polar surface area (TPSA) is 34.1 Å². The molecule has 1 rings (SSSR count). The third kappa shape index (κ3) is 2.15. The van der Waals surface area contributed by atoms with Crippen molar-refractivity contribution < 1.29 is 6.14 Å². The molecule has 0 unspecified atom stereocenters. The van der Waals surface area contributed by atoms with Gasteiger partial charge in [-0.25, -0.2) is 0 Å². The van der Waals surface area contributed by atoms with E-state index in [9.17, 15) is 6.14 Å². The highest BCUT2D eigenvalue weighted by molar-refractivity contribution is 14.2. The van der Waals surface area contributed by atoms with Crippen molar-refractivity contribution in [1.82, 2.24) is 0 Å². The lowest BCUT2D eigenvalue weighted by Gasteiger charge is -1.86. The third-order valence-corrected chi connectivity index (χ3v) is 3.44. The molecule has 2 nitrogen and oxygen atoms in total. The minimum absolute atomic E-state index is 0.861. The van der Waals surface area contributed by atoms with Crippen molar-refractivity contribution in [2.24, 2.45) is 0 Å². The summed E-state index contributed by atoms with van der Waals surface area (Å²) in [5, 5.41) is 0. The fraction of sp³-hybridized carbons (Fsp3) is 0. The first-order chi connectivity index (χ1) is 4.86. The van der Waals surface area contributed by atoms with Crippen LogP contribution in [0.15, 0.2) is 24.3 Å². The minimum Gasteiger partial charge on any atom is -0.265 e. The fourth-order valence-corrected chi connectivity index (χ4v) is 1.84. The number of halogens is 2. The number of benzene rings is 1. The summed E-state index contributed by atoms with van der Waals surface area (Å²) in [6.07, 6.45) is 0. The highest BCUT2D eigenvalue weighted by atomic mass is 127. The molecule has 0 bridgehead atoms. The van der Waals surface area contributed by atoms with Crippen molar-refractivity contribution in [2.45, 2.75) is 0 Å². The van der Waals surface area contributed by atoms with Gasteiger partial charge in [-0.05, 0) is 24.3 Å². The van der Waals surface area contributed by atoms with Gasteiger partial charge in [0.15, 0.2) is 42.4 Å². The van der Waals surface area contributed by atoms with Gasteiger partial charge in [0.05, 0.1) is 0 Å². The molecule has 1 aromatic rings. The zero-order chi connectivity index (χ0) is 7.40. The number of hydrogen-bond acceptors (Lipinski definition) is 2. The van der Waals surface area contributed by atoms with Crippen molar-refractivity contribution in [1.29, 1.82) is 0 Å². The zero-order valence-electron chi connectivity index (χ0n) is 4.88. The Morgan fingerprint density at radius 1 is 0.800 bits per heavy atom. The van der Waals surface area contributed by atoms with Crippen molar-refractivity contribution in [3.8, 4) is 0 Å². The molecule has 0 amide bonds. The van der Waals surface area contributed by atoms with Crippen LogP contribution in [-0.4, -0.2) is 0 Å².